The molecule has 3 aromatic rings. The SMILES string of the molecule is O=Cc1cn(-c2ccccc2F)nc1-c1ccccc1. The first-order chi connectivity index (χ1) is 9.79. The third-order valence-corrected chi connectivity index (χ3v) is 3.02. The van der Waals surface area contributed by atoms with Crippen LogP contribution in [0.4, 0.5) is 4.39 Å². The second-order valence-corrected chi connectivity index (χ2v) is 4.31. The van der Waals surface area contributed by atoms with Gasteiger partial charge in [-0.25, -0.2) is 9.07 Å². The standard InChI is InChI=1S/C16H11FN2O/c17-14-8-4-5-9-15(14)19-10-13(11-20)16(18-19)12-6-2-1-3-7-12/h1-11H. The van der Waals surface area contributed by atoms with E-state index < -0.39 is 0 Å². The van der Waals surface area contributed by atoms with Crippen LogP contribution in [0.15, 0.2) is 60.8 Å². The molecule has 0 amide bonds. The van der Waals surface area contributed by atoms with E-state index in [0.717, 1.165) is 11.8 Å². The Kier molecular flexibility index (Phi) is 3.13. The Morgan fingerprint density at radius 3 is 2.40 bits per heavy atom. The number of benzene rings is 2. The smallest absolute Gasteiger partial charge is 0.153 e. The number of nitrogens with zero attached hydrogens (tertiary/aromatic N) is 2. The van der Waals surface area contributed by atoms with Gasteiger partial charge in [-0.05, 0) is 12.1 Å². The quantitative estimate of drug-likeness (QED) is 0.680. The Hall–Kier alpha value is -2.75. The molecule has 0 aliphatic carbocycles. The Balaban J connectivity index is 2.15. The Bertz CT molecular complexity index is 750. The van der Waals surface area contributed by atoms with E-state index in [0.29, 0.717) is 16.9 Å². The Morgan fingerprint density at radius 1 is 1.00 bits per heavy atom. The summed E-state index contributed by atoms with van der Waals surface area (Å²) in [6, 6.07) is 15.7. The molecule has 0 spiro atoms. The van der Waals surface area contributed by atoms with Crippen molar-refractivity contribution in [1.29, 1.82) is 0 Å². The van der Waals surface area contributed by atoms with Crippen LogP contribution in [0.1, 0.15) is 10.4 Å². The van der Waals surface area contributed by atoms with Crippen LogP contribution in [0.2, 0.25) is 0 Å². The number of hydrogen-bond donors (Lipinski definition) is 0. The molecular weight excluding hydrogens is 255 g/mol. The summed E-state index contributed by atoms with van der Waals surface area (Å²) in [4.78, 5) is 11.2. The summed E-state index contributed by atoms with van der Waals surface area (Å²) in [6.45, 7) is 0. The largest absolute Gasteiger partial charge is 0.298 e. The summed E-state index contributed by atoms with van der Waals surface area (Å²) < 4.78 is 15.2. The van der Waals surface area contributed by atoms with Crippen LogP contribution < -0.4 is 0 Å². The highest BCUT2D eigenvalue weighted by molar-refractivity contribution is 5.85. The lowest BCUT2D eigenvalue weighted by molar-refractivity contribution is 0.112. The van der Waals surface area contributed by atoms with Crippen molar-refractivity contribution in [3.63, 3.8) is 0 Å². The zero-order valence-corrected chi connectivity index (χ0v) is 10.5. The average Bonchev–Trinajstić information content (AvgIpc) is 2.92. The first-order valence-corrected chi connectivity index (χ1v) is 6.15. The van der Waals surface area contributed by atoms with Crippen molar-refractivity contribution in [2.24, 2.45) is 0 Å². The molecule has 0 radical (unpaired) electrons. The highest BCUT2D eigenvalue weighted by Crippen LogP contribution is 2.23. The number of carbonyl (C=O) groups is 1. The summed E-state index contributed by atoms with van der Waals surface area (Å²) in [5, 5.41) is 4.33. The van der Waals surface area contributed by atoms with Crippen molar-refractivity contribution < 1.29 is 9.18 Å². The lowest BCUT2D eigenvalue weighted by Crippen LogP contribution is -1.97. The molecular formula is C16H11FN2O. The molecule has 0 bridgehead atoms. The van der Waals surface area contributed by atoms with Gasteiger partial charge in [0.2, 0.25) is 0 Å². The number of aldehydes is 1. The van der Waals surface area contributed by atoms with E-state index in [1.54, 1.807) is 18.2 Å². The molecule has 1 heterocycles. The predicted molar refractivity (Wildman–Crippen MR) is 74.3 cm³/mol. The van der Waals surface area contributed by atoms with Gasteiger partial charge in [0.15, 0.2) is 6.29 Å². The van der Waals surface area contributed by atoms with Crippen molar-refractivity contribution >= 4 is 6.29 Å². The fourth-order valence-corrected chi connectivity index (χ4v) is 2.05. The van der Waals surface area contributed by atoms with Crippen LogP contribution >= 0.6 is 0 Å². The average molecular weight is 266 g/mol. The molecule has 0 fully saturated rings. The second kappa shape index (κ2) is 5.09. The van der Waals surface area contributed by atoms with Crippen molar-refractivity contribution in [1.82, 2.24) is 9.78 Å². The molecule has 3 nitrogen and oxygen atoms in total. The highest BCUT2D eigenvalue weighted by Gasteiger charge is 2.13. The van der Waals surface area contributed by atoms with Gasteiger partial charge in [0.1, 0.15) is 17.2 Å². The summed E-state index contributed by atoms with van der Waals surface area (Å²) in [5.41, 5.74) is 2.12. The van der Waals surface area contributed by atoms with Crippen LogP contribution in [0, 0.1) is 5.82 Å². The number of hydrogen-bond acceptors (Lipinski definition) is 2. The highest BCUT2D eigenvalue weighted by atomic mass is 19.1. The second-order valence-electron chi connectivity index (χ2n) is 4.31. The maximum Gasteiger partial charge on any atom is 0.153 e. The predicted octanol–water partition coefficient (Wildman–Crippen LogP) is 3.49. The molecule has 1 aromatic heterocycles. The number of rotatable bonds is 3. The zero-order valence-electron chi connectivity index (χ0n) is 10.5. The fraction of sp³-hybridized carbons (Fsp3) is 0. The molecule has 0 atom stereocenters. The summed E-state index contributed by atoms with van der Waals surface area (Å²) in [5.74, 6) is -0.382. The third kappa shape index (κ3) is 2.12. The fourth-order valence-electron chi connectivity index (χ4n) is 2.05. The topological polar surface area (TPSA) is 34.9 Å². The lowest BCUT2D eigenvalue weighted by atomic mass is 10.1. The van der Waals surface area contributed by atoms with Gasteiger partial charge >= 0.3 is 0 Å². The van der Waals surface area contributed by atoms with E-state index in [2.05, 4.69) is 5.10 Å². The van der Waals surface area contributed by atoms with Crippen LogP contribution in [0.5, 0.6) is 0 Å². The van der Waals surface area contributed by atoms with Gasteiger partial charge in [0, 0.05) is 11.8 Å². The number of para-hydroxylation sites is 1. The van der Waals surface area contributed by atoms with Crippen molar-refractivity contribution in [2.45, 2.75) is 0 Å². The normalized spacial score (nSPS) is 10.4. The molecule has 0 saturated heterocycles. The van der Waals surface area contributed by atoms with E-state index in [4.69, 9.17) is 0 Å². The van der Waals surface area contributed by atoms with Gasteiger partial charge in [-0.1, -0.05) is 42.5 Å². The van der Waals surface area contributed by atoms with Crippen LogP contribution in [-0.2, 0) is 0 Å². The van der Waals surface area contributed by atoms with Crippen LogP contribution in [0.25, 0.3) is 16.9 Å². The Labute approximate surface area is 115 Å². The van der Waals surface area contributed by atoms with E-state index in [1.165, 1.54) is 16.9 Å². The summed E-state index contributed by atoms with van der Waals surface area (Å²) >= 11 is 0. The summed E-state index contributed by atoms with van der Waals surface area (Å²) in [7, 11) is 0. The number of carbonyl (C=O) groups excluding carboxylic acids is 1. The Morgan fingerprint density at radius 2 is 1.70 bits per heavy atom. The minimum atomic E-state index is -0.382. The molecule has 98 valence electrons. The van der Waals surface area contributed by atoms with E-state index in [9.17, 15) is 9.18 Å². The van der Waals surface area contributed by atoms with Crippen molar-refractivity contribution in [3.8, 4) is 16.9 Å². The van der Waals surface area contributed by atoms with Crippen molar-refractivity contribution in [3.05, 3.63) is 72.2 Å². The third-order valence-electron chi connectivity index (χ3n) is 3.02. The first kappa shape index (κ1) is 12.3. The van der Waals surface area contributed by atoms with Gasteiger partial charge in [0.05, 0.1) is 5.56 Å². The van der Waals surface area contributed by atoms with Crippen molar-refractivity contribution in [2.75, 3.05) is 0 Å². The molecule has 3 rings (SSSR count). The van der Waals surface area contributed by atoms with Gasteiger partial charge in [0.25, 0.3) is 0 Å². The van der Waals surface area contributed by atoms with E-state index in [1.807, 2.05) is 30.3 Å². The molecule has 0 N–H and O–H groups in total. The molecule has 0 unspecified atom stereocenters. The monoisotopic (exact) mass is 266 g/mol. The molecule has 0 aliphatic heterocycles. The van der Waals surface area contributed by atoms with Gasteiger partial charge in [-0.2, -0.15) is 5.10 Å². The van der Waals surface area contributed by atoms with E-state index in [-0.39, 0.29) is 5.82 Å². The molecule has 4 heteroatoms. The maximum atomic E-state index is 13.8. The van der Waals surface area contributed by atoms with Gasteiger partial charge in [-0.3, -0.25) is 4.79 Å². The number of halogens is 1. The number of aromatic nitrogens is 2. The molecule has 2 aromatic carbocycles. The maximum absolute atomic E-state index is 13.8. The van der Waals surface area contributed by atoms with Crippen LogP contribution in [0.3, 0.4) is 0 Å². The summed E-state index contributed by atoms with van der Waals surface area (Å²) in [6.07, 6.45) is 2.26. The van der Waals surface area contributed by atoms with Gasteiger partial charge in [-0.15, -0.1) is 0 Å². The first-order valence-electron chi connectivity index (χ1n) is 6.15. The minimum absolute atomic E-state index is 0.317. The molecule has 0 saturated carbocycles. The van der Waals surface area contributed by atoms with Crippen LogP contribution in [-0.4, -0.2) is 16.1 Å². The van der Waals surface area contributed by atoms with Gasteiger partial charge < -0.3 is 0 Å². The lowest BCUT2D eigenvalue weighted by Gasteiger charge is -2.02. The van der Waals surface area contributed by atoms with E-state index >= 15 is 0 Å². The minimum Gasteiger partial charge on any atom is -0.298 e. The molecule has 20 heavy (non-hydrogen) atoms. The molecule has 0 aliphatic rings. The zero-order chi connectivity index (χ0) is 13.9.